The average molecular weight is 1030 g/mol. The molecule has 0 saturated heterocycles. The highest BCUT2D eigenvalue weighted by Crippen LogP contribution is 2.37. The van der Waals surface area contributed by atoms with E-state index < -0.39 is 74.7 Å². The maximum Gasteiger partial charge on any atom is 0.322 e. The molecule has 0 N–H and O–H groups in total. The Morgan fingerprint density at radius 2 is 0.523 bits per heavy atom. The number of ether oxygens (including phenoxy) is 4. The third-order valence-corrected chi connectivity index (χ3v) is 15.8. The van der Waals surface area contributed by atoms with Gasteiger partial charge in [0.1, 0.15) is 50.8 Å². The van der Waals surface area contributed by atoms with Gasteiger partial charge in [-0.05, 0) is 77.6 Å². The zero-order valence-electron chi connectivity index (χ0n) is 37.4. The van der Waals surface area contributed by atoms with Crippen molar-refractivity contribution < 1.29 is 38.1 Å². The normalized spacial score (nSPS) is 12.1. The standard InChI is InChI=1S/C49H52O8S8/c1-45(2,62-37(58)33-21-13-9-14-22-33)41(50)54-29-49(30-55-42(51)46(3,4)63-38(59)34-23-15-10-16-24-34,31-56-43(52)47(5,6)64-39(60)35-25-17-11-18-26-35)32-57-44(53)48(7,8)65-40(61)36-27-19-12-20-28-36/h9-28H,29-32H2,1-8H3. The number of carbonyl (C=O) groups excluding carboxylic acids is 4. The Morgan fingerprint density at radius 3 is 0.692 bits per heavy atom. The summed E-state index contributed by atoms with van der Waals surface area (Å²) in [5.74, 6) is -2.64. The molecule has 0 aliphatic carbocycles. The Bertz CT molecular complexity index is 2000. The summed E-state index contributed by atoms with van der Waals surface area (Å²) in [5, 5.41) is 0. The van der Waals surface area contributed by atoms with Crippen molar-refractivity contribution in [1.82, 2.24) is 0 Å². The maximum absolute atomic E-state index is 14.1. The van der Waals surface area contributed by atoms with Crippen LogP contribution in [-0.2, 0) is 38.1 Å². The second-order valence-corrected chi connectivity index (χ2v) is 26.1. The summed E-state index contributed by atoms with van der Waals surface area (Å²) in [5.41, 5.74) is 1.43. The van der Waals surface area contributed by atoms with Gasteiger partial charge in [0.25, 0.3) is 0 Å². The van der Waals surface area contributed by atoms with E-state index in [1.807, 2.05) is 121 Å². The van der Waals surface area contributed by atoms with Crippen LogP contribution in [0.25, 0.3) is 0 Å². The molecular weight excluding hydrogens is 973 g/mol. The van der Waals surface area contributed by atoms with Crippen LogP contribution < -0.4 is 0 Å². The number of rotatable bonds is 20. The summed E-state index contributed by atoms with van der Waals surface area (Å²) in [6.45, 7) is 11.4. The molecule has 0 aliphatic heterocycles. The molecule has 0 spiro atoms. The van der Waals surface area contributed by atoms with Crippen LogP contribution >= 0.6 is 95.9 Å². The van der Waals surface area contributed by atoms with Crippen LogP contribution in [-0.4, -0.2) is 86.1 Å². The highest BCUT2D eigenvalue weighted by molar-refractivity contribution is 8.26. The van der Waals surface area contributed by atoms with Gasteiger partial charge in [0.05, 0.1) is 16.8 Å². The zero-order valence-corrected chi connectivity index (χ0v) is 43.9. The molecule has 0 bridgehead atoms. The van der Waals surface area contributed by atoms with Gasteiger partial charge in [0.2, 0.25) is 0 Å². The van der Waals surface area contributed by atoms with Crippen LogP contribution in [0.2, 0.25) is 0 Å². The van der Waals surface area contributed by atoms with Crippen molar-refractivity contribution >= 4 is 137 Å². The Hall–Kier alpha value is -3.48. The van der Waals surface area contributed by atoms with E-state index in [0.717, 1.165) is 69.3 Å². The fraction of sp³-hybridized carbons (Fsp3) is 0.347. The molecule has 8 nitrogen and oxygen atoms in total. The molecule has 0 amide bonds. The molecule has 4 aromatic rings. The quantitative estimate of drug-likeness (QED) is 0.0476. The smallest absolute Gasteiger partial charge is 0.322 e. The van der Waals surface area contributed by atoms with Gasteiger partial charge < -0.3 is 18.9 Å². The van der Waals surface area contributed by atoms with Crippen molar-refractivity contribution in [2.24, 2.45) is 5.41 Å². The second kappa shape index (κ2) is 24.0. The van der Waals surface area contributed by atoms with Gasteiger partial charge in [-0.2, -0.15) is 0 Å². The summed E-state index contributed by atoms with van der Waals surface area (Å²) in [4.78, 5) is 56.2. The molecule has 0 atom stereocenters. The Kier molecular flexibility index (Phi) is 20.0. The first-order chi connectivity index (χ1) is 30.5. The van der Waals surface area contributed by atoms with E-state index in [1.54, 1.807) is 55.4 Å². The molecule has 0 saturated carbocycles. The fourth-order valence-electron chi connectivity index (χ4n) is 5.45. The van der Waals surface area contributed by atoms with Gasteiger partial charge in [-0.15, -0.1) is 0 Å². The highest BCUT2D eigenvalue weighted by Gasteiger charge is 2.45. The first kappa shape index (κ1) is 54.1. The number of carbonyl (C=O) groups is 4. The summed E-state index contributed by atoms with van der Waals surface area (Å²) in [7, 11) is 0. The van der Waals surface area contributed by atoms with Gasteiger partial charge in [0, 0.05) is 0 Å². The Morgan fingerprint density at radius 1 is 0.354 bits per heavy atom. The number of benzene rings is 4. The first-order valence-electron chi connectivity index (χ1n) is 20.3. The molecule has 0 aromatic heterocycles. The van der Waals surface area contributed by atoms with Crippen molar-refractivity contribution in [3.05, 3.63) is 144 Å². The summed E-state index contributed by atoms with van der Waals surface area (Å²) < 4.78 is 21.3. The molecule has 0 heterocycles. The molecule has 0 aliphatic rings. The minimum Gasteiger partial charge on any atom is -0.464 e. The van der Waals surface area contributed by atoms with Gasteiger partial charge in [-0.1, -0.05) is 217 Å². The van der Waals surface area contributed by atoms with Crippen molar-refractivity contribution in [1.29, 1.82) is 0 Å². The van der Waals surface area contributed by atoms with E-state index in [9.17, 15) is 19.2 Å². The molecular formula is C49H52O8S8. The predicted octanol–water partition coefficient (Wildman–Crippen LogP) is 11.7. The number of hydrogen-bond acceptors (Lipinski definition) is 16. The molecule has 0 unspecified atom stereocenters. The predicted molar refractivity (Wildman–Crippen MR) is 286 cm³/mol. The van der Waals surface area contributed by atoms with Gasteiger partial charge in [0.15, 0.2) is 0 Å². The Balaban J connectivity index is 1.67. The fourth-order valence-corrected chi connectivity index (χ4v) is 11.9. The van der Waals surface area contributed by atoms with E-state index in [4.69, 9.17) is 67.8 Å². The summed E-state index contributed by atoms with van der Waals surface area (Å²) in [6, 6.07) is 37.1. The number of hydrogen-bond donors (Lipinski definition) is 0. The highest BCUT2D eigenvalue weighted by atomic mass is 32.2. The lowest BCUT2D eigenvalue weighted by atomic mass is 9.91. The molecule has 344 valence electrons. The van der Waals surface area contributed by atoms with Crippen LogP contribution in [0.3, 0.4) is 0 Å². The van der Waals surface area contributed by atoms with Crippen LogP contribution in [0, 0.1) is 5.41 Å². The number of thiocarbonyl (C=S) groups is 4. The minimum atomic E-state index is -1.63. The van der Waals surface area contributed by atoms with Gasteiger partial charge in [-0.25, -0.2) is 0 Å². The van der Waals surface area contributed by atoms with Gasteiger partial charge >= 0.3 is 23.9 Å². The first-order valence-corrected chi connectivity index (χ1v) is 25.2. The molecule has 65 heavy (non-hydrogen) atoms. The minimum absolute atomic E-state index is 0.477. The zero-order chi connectivity index (χ0) is 48.1. The van der Waals surface area contributed by atoms with E-state index in [-0.39, 0.29) is 0 Å². The second-order valence-electron chi connectivity index (χ2n) is 16.9. The Labute approximate surface area is 421 Å². The van der Waals surface area contributed by atoms with Crippen LogP contribution in [0.4, 0.5) is 0 Å². The molecule has 4 aromatic carbocycles. The van der Waals surface area contributed by atoms with Crippen molar-refractivity contribution in [3.8, 4) is 0 Å². The number of esters is 4. The van der Waals surface area contributed by atoms with Crippen LogP contribution in [0.5, 0.6) is 0 Å². The summed E-state index contributed by atoms with van der Waals surface area (Å²) >= 11 is 27.4. The molecule has 0 radical (unpaired) electrons. The third-order valence-electron chi connectivity index (χ3n) is 9.43. The SMILES string of the molecule is CC(C)(SC(=S)c1ccccc1)C(=O)OCC(COC(=O)C(C)(C)SC(=S)c1ccccc1)(COC(=O)C(C)(C)SC(=S)c1ccccc1)COC(=O)C(C)(C)SC(=S)c1ccccc1. The lowest BCUT2D eigenvalue weighted by molar-refractivity contribution is -0.173. The third kappa shape index (κ3) is 16.4. The van der Waals surface area contributed by atoms with E-state index >= 15 is 0 Å². The summed E-state index contributed by atoms with van der Waals surface area (Å²) in [6.07, 6.45) is 0. The lowest BCUT2D eigenvalue weighted by Crippen LogP contribution is -2.48. The number of thioether (sulfide) groups is 4. The molecule has 16 heteroatoms. The molecule has 0 fully saturated rings. The largest absolute Gasteiger partial charge is 0.464 e. The van der Waals surface area contributed by atoms with Gasteiger partial charge in [-0.3, -0.25) is 19.2 Å². The van der Waals surface area contributed by atoms with E-state index in [0.29, 0.717) is 16.8 Å². The van der Waals surface area contributed by atoms with Crippen molar-refractivity contribution in [2.75, 3.05) is 26.4 Å². The average Bonchev–Trinajstić information content (AvgIpc) is 3.28. The maximum atomic E-state index is 14.1. The van der Waals surface area contributed by atoms with Crippen molar-refractivity contribution in [2.45, 2.75) is 74.4 Å². The van der Waals surface area contributed by atoms with E-state index in [2.05, 4.69) is 0 Å². The monoisotopic (exact) mass is 1020 g/mol. The van der Waals surface area contributed by atoms with Crippen LogP contribution in [0.15, 0.2) is 121 Å². The molecule has 4 rings (SSSR count). The lowest BCUT2D eigenvalue weighted by Gasteiger charge is -2.35. The van der Waals surface area contributed by atoms with Crippen molar-refractivity contribution in [3.63, 3.8) is 0 Å². The topological polar surface area (TPSA) is 105 Å². The van der Waals surface area contributed by atoms with E-state index in [1.165, 1.54) is 0 Å². The van der Waals surface area contributed by atoms with Crippen LogP contribution in [0.1, 0.15) is 77.6 Å².